The molecule has 7 nitrogen and oxygen atoms in total. The summed E-state index contributed by atoms with van der Waals surface area (Å²) in [6.45, 7) is 0.310. The molecule has 2 aliphatic carbocycles. The number of nitrogens with zero attached hydrogens (tertiary/aromatic N) is 2. The molecule has 0 bridgehead atoms. The monoisotopic (exact) mass is 263 g/mol. The van der Waals surface area contributed by atoms with E-state index >= 15 is 0 Å². The number of carbonyl (C=O) groups is 2. The Hall–Kier alpha value is -1.92. The molecule has 0 unspecified atom stereocenters. The lowest BCUT2D eigenvalue weighted by molar-refractivity contribution is -0.121. The van der Waals surface area contributed by atoms with Gasteiger partial charge in [0.05, 0.1) is 0 Å². The van der Waals surface area contributed by atoms with Crippen LogP contribution in [0.3, 0.4) is 0 Å². The van der Waals surface area contributed by atoms with Crippen LogP contribution in [0.5, 0.6) is 0 Å². The Labute approximate surface area is 110 Å². The summed E-state index contributed by atoms with van der Waals surface area (Å²) >= 11 is 0. The molecule has 3 rings (SSSR count). The van der Waals surface area contributed by atoms with Crippen LogP contribution in [-0.4, -0.2) is 39.6 Å². The summed E-state index contributed by atoms with van der Waals surface area (Å²) in [5.41, 5.74) is 0. The average molecular weight is 263 g/mol. The number of nitrogens with one attached hydrogen (secondary N) is 3. The van der Waals surface area contributed by atoms with Gasteiger partial charge in [0.1, 0.15) is 5.82 Å². The summed E-state index contributed by atoms with van der Waals surface area (Å²) in [5.74, 6) is 1.04. The largest absolute Gasteiger partial charge is 0.353 e. The summed E-state index contributed by atoms with van der Waals surface area (Å²) in [6.07, 6.45) is 4.65. The second-order valence-corrected chi connectivity index (χ2v) is 5.17. The Morgan fingerprint density at radius 3 is 2.74 bits per heavy atom. The summed E-state index contributed by atoms with van der Waals surface area (Å²) in [5, 5.41) is 12.2. The second kappa shape index (κ2) is 4.99. The molecule has 0 aromatic carbocycles. The Balaban J connectivity index is 1.40. The van der Waals surface area contributed by atoms with Crippen molar-refractivity contribution in [3.05, 3.63) is 11.6 Å². The van der Waals surface area contributed by atoms with E-state index < -0.39 is 0 Å². The molecule has 0 spiro atoms. The zero-order chi connectivity index (χ0) is 13.2. The molecule has 1 aromatic rings. The normalized spacial score (nSPS) is 18.1. The number of hydrogen-bond donors (Lipinski definition) is 3. The Morgan fingerprint density at radius 2 is 2.05 bits per heavy atom. The van der Waals surface area contributed by atoms with Crippen molar-refractivity contribution in [2.45, 2.75) is 44.1 Å². The van der Waals surface area contributed by atoms with Gasteiger partial charge >= 0.3 is 0 Å². The third-order valence-electron chi connectivity index (χ3n) is 3.25. The van der Waals surface area contributed by atoms with Crippen molar-refractivity contribution in [1.82, 2.24) is 25.8 Å². The number of H-pyrrole nitrogens is 1. The van der Waals surface area contributed by atoms with Crippen LogP contribution >= 0.6 is 0 Å². The molecular weight excluding hydrogens is 246 g/mol. The first-order valence-corrected chi connectivity index (χ1v) is 6.72. The van der Waals surface area contributed by atoms with E-state index in [2.05, 4.69) is 25.8 Å². The molecule has 1 heterocycles. The van der Waals surface area contributed by atoms with Crippen LogP contribution < -0.4 is 10.6 Å². The summed E-state index contributed by atoms with van der Waals surface area (Å²) in [6, 6.07) is 0.359. The maximum atomic E-state index is 11.7. The van der Waals surface area contributed by atoms with E-state index in [1.165, 1.54) is 0 Å². The molecule has 1 aromatic heterocycles. The fraction of sp³-hybridized carbons (Fsp3) is 0.667. The molecule has 102 valence electrons. The van der Waals surface area contributed by atoms with Crippen molar-refractivity contribution in [2.75, 3.05) is 6.54 Å². The van der Waals surface area contributed by atoms with Crippen LogP contribution in [0.2, 0.25) is 0 Å². The molecule has 0 aliphatic heterocycles. The summed E-state index contributed by atoms with van der Waals surface area (Å²) in [7, 11) is 0. The van der Waals surface area contributed by atoms with Gasteiger partial charge in [-0.1, -0.05) is 0 Å². The van der Waals surface area contributed by atoms with E-state index in [9.17, 15) is 9.59 Å². The van der Waals surface area contributed by atoms with Crippen molar-refractivity contribution >= 4 is 11.8 Å². The minimum atomic E-state index is -0.331. The molecule has 0 saturated heterocycles. The molecule has 2 saturated carbocycles. The predicted octanol–water partition coefficient (Wildman–Crippen LogP) is 0.0806. The zero-order valence-electron chi connectivity index (χ0n) is 10.6. The first kappa shape index (κ1) is 12.1. The van der Waals surface area contributed by atoms with E-state index in [0.29, 0.717) is 24.9 Å². The molecule has 3 N–H and O–H groups in total. The van der Waals surface area contributed by atoms with Gasteiger partial charge in [-0.2, -0.15) is 0 Å². The molecule has 19 heavy (non-hydrogen) atoms. The molecule has 0 radical (unpaired) electrons. The molecule has 0 atom stereocenters. The molecule has 2 amide bonds. The quantitative estimate of drug-likeness (QED) is 0.676. The topological polar surface area (TPSA) is 99.8 Å². The first-order valence-electron chi connectivity index (χ1n) is 6.72. The number of aromatic nitrogens is 3. The van der Waals surface area contributed by atoms with Crippen molar-refractivity contribution < 1.29 is 9.59 Å². The van der Waals surface area contributed by atoms with Gasteiger partial charge in [0.2, 0.25) is 11.7 Å². The van der Waals surface area contributed by atoms with Crippen molar-refractivity contribution in [3.63, 3.8) is 0 Å². The van der Waals surface area contributed by atoms with Crippen LogP contribution in [0.15, 0.2) is 0 Å². The Morgan fingerprint density at radius 1 is 1.26 bits per heavy atom. The zero-order valence-corrected chi connectivity index (χ0v) is 10.6. The van der Waals surface area contributed by atoms with E-state index in [0.717, 1.165) is 31.5 Å². The highest BCUT2D eigenvalue weighted by molar-refractivity contribution is 5.90. The lowest BCUT2D eigenvalue weighted by Gasteiger charge is -2.03. The third kappa shape index (κ3) is 3.30. The maximum Gasteiger partial charge on any atom is 0.290 e. The number of amides is 2. The molecule has 2 fully saturated rings. The minimum absolute atomic E-state index is 0.0172. The van der Waals surface area contributed by atoms with Crippen LogP contribution in [0.1, 0.15) is 54.5 Å². The fourth-order valence-corrected chi connectivity index (χ4v) is 1.81. The lowest BCUT2D eigenvalue weighted by Crippen LogP contribution is -2.32. The third-order valence-corrected chi connectivity index (χ3v) is 3.25. The van der Waals surface area contributed by atoms with Gasteiger partial charge < -0.3 is 10.6 Å². The highest BCUT2D eigenvalue weighted by atomic mass is 16.2. The highest BCUT2D eigenvalue weighted by Crippen LogP contribution is 2.37. The fourth-order valence-electron chi connectivity index (χ4n) is 1.81. The van der Waals surface area contributed by atoms with Gasteiger partial charge in [0, 0.05) is 24.9 Å². The van der Waals surface area contributed by atoms with Crippen molar-refractivity contribution in [2.24, 2.45) is 0 Å². The summed E-state index contributed by atoms with van der Waals surface area (Å²) < 4.78 is 0. The minimum Gasteiger partial charge on any atom is -0.353 e. The number of rotatable bonds is 6. The Kier molecular flexibility index (Phi) is 3.18. The van der Waals surface area contributed by atoms with Crippen LogP contribution in [0.25, 0.3) is 0 Å². The molecule has 2 aliphatic rings. The van der Waals surface area contributed by atoms with Gasteiger partial charge in [-0.15, -0.1) is 5.10 Å². The highest BCUT2D eigenvalue weighted by Gasteiger charge is 2.28. The van der Waals surface area contributed by atoms with Gasteiger partial charge in [-0.3, -0.25) is 14.7 Å². The Bertz CT molecular complexity index is 490. The SMILES string of the molecule is O=C(CCNC(=O)c1n[nH]c(C2CC2)n1)NC1CC1. The van der Waals surface area contributed by atoms with Crippen LogP contribution in [0, 0.1) is 0 Å². The second-order valence-electron chi connectivity index (χ2n) is 5.17. The van der Waals surface area contributed by atoms with E-state index in [4.69, 9.17) is 0 Å². The van der Waals surface area contributed by atoms with E-state index in [1.807, 2.05) is 0 Å². The maximum absolute atomic E-state index is 11.7. The number of carbonyl (C=O) groups excluding carboxylic acids is 2. The standard InChI is InChI=1S/C12H17N5O2/c18-9(14-8-3-4-8)5-6-13-12(19)11-15-10(16-17-11)7-1-2-7/h7-8H,1-6H2,(H,13,19)(H,14,18)(H,15,16,17). The predicted molar refractivity (Wildman–Crippen MR) is 66.5 cm³/mol. The van der Waals surface area contributed by atoms with Crippen molar-refractivity contribution in [1.29, 1.82) is 0 Å². The van der Waals surface area contributed by atoms with Gasteiger partial charge in [-0.05, 0) is 25.7 Å². The van der Waals surface area contributed by atoms with Crippen LogP contribution in [-0.2, 0) is 4.79 Å². The lowest BCUT2D eigenvalue weighted by atomic mass is 10.3. The van der Waals surface area contributed by atoms with Gasteiger partial charge in [-0.25, -0.2) is 4.98 Å². The number of hydrogen-bond acceptors (Lipinski definition) is 4. The smallest absolute Gasteiger partial charge is 0.290 e. The first-order chi connectivity index (χ1) is 9.22. The van der Waals surface area contributed by atoms with Crippen LogP contribution in [0.4, 0.5) is 0 Å². The molecular formula is C12H17N5O2. The van der Waals surface area contributed by atoms with Crippen molar-refractivity contribution in [3.8, 4) is 0 Å². The summed E-state index contributed by atoms with van der Waals surface area (Å²) in [4.78, 5) is 27.3. The van der Waals surface area contributed by atoms with E-state index in [1.54, 1.807) is 0 Å². The van der Waals surface area contributed by atoms with Gasteiger partial charge in [0.15, 0.2) is 0 Å². The van der Waals surface area contributed by atoms with E-state index in [-0.39, 0.29) is 17.6 Å². The number of aromatic amines is 1. The molecule has 7 heteroatoms. The average Bonchev–Trinajstić information content (AvgIpc) is 3.31. The van der Waals surface area contributed by atoms with Gasteiger partial charge in [0.25, 0.3) is 5.91 Å².